The summed E-state index contributed by atoms with van der Waals surface area (Å²) in [6.45, 7) is 2.93. The smallest absolute Gasteiger partial charge is 0.230 e. The van der Waals surface area contributed by atoms with Crippen LogP contribution in [0.15, 0.2) is 33.0 Å². The van der Waals surface area contributed by atoms with Gasteiger partial charge >= 0.3 is 0 Å². The first-order valence-corrected chi connectivity index (χ1v) is 8.16. The average molecular weight is 369 g/mol. The molecule has 0 aliphatic rings. The van der Waals surface area contributed by atoms with E-state index in [0.717, 1.165) is 22.5 Å². The molecule has 112 valence electrons. The molecule has 2 aromatic rings. The minimum absolute atomic E-state index is 0.588. The Bertz CT molecular complexity index is 607. The molecule has 2 rings (SSSR count). The minimum Gasteiger partial charge on any atom is -0.354 e. The van der Waals surface area contributed by atoms with Crippen LogP contribution in [0.4, 0.5) is 11.9 Å². The number of aromatic nitrogens is 4. The van der Waals surface area contributed by atoms with Crippen molar-refractivity contribution in [3.63, 3.8) is 0 Å². The zero-order valence-corrected chi connectivity index (χ0v) is 14.6. The molecule has 0 atom stereocenters. The maximum absolute atomic E-state index is 4.44. The van der Waals surface area contributed by atoms with E-state index in [0.29, 0.717) is 17.1 Å². The fraction of sp³-hybridized carbons (Fsp3) is 0.385. The van der Waals surface area contributed by atoms with Crippen molar-refractivity contribution in [2.45, 2.75) is 23.5 Å². The normalized spacial score (nSPS) is 10.5. The van der Waals surface area contributed by atoms with Gasteiger partial charge in [0.1, 0.15) is 5.03 Å². The summed E-state index contributed by atoms with van der Waals surface area (Å²) >= 11 is 4.89. The van der Waals surface area contributed by atoms with E-state index in [1.165, 1.54) is 11.8 Å². The van der Waals surface area contributed by atoms with Gasteiger partial charge in [-0.3, -0.25) is 0 Å². The highest BCUT2D eigenvalue weighted by Crippen LogP contribution is 2.30. The van der Waals surface area contributed by atoms with Crippen LogP contribution in [0.25, 0.3) is 0 Å². The molecule has 0 radical (unpaired) electrons. The van der Waals surface area contributed by atoms with Crippen LogP contribution < -0.4 is 10.2 Å². The number of hydrogen-bond acceptors (Lipinski definition) is 7. The van der Waals surface area contributed by atoms with Gasteiger partial charge in [-0.2, -0.15) is 15.0 Å². The molecule has 0 aliphatic carbocycles. The van der Waals surface area contributed by atoms with Crippen molar-refractivity contribution in [1.82, 2.24) is 19.9 Å². The van der Waals surface area contributed by atoms with Gasteiger partial charge in [-0.1, -0.05) is 6.92 Å². The number of rotatable bonds is 6. The molecule has 0 bridgehead atoms. The maximum Gasteiger partial charge on any atom is 0.230 e. The largest absolute Gasteiger partial charge is 0.354 e. The number of hydrogen-bond donors (Lipinski definition) is 1. The molecule has 2 aromatic heterocycles. The van der Waals surface area contributed by atoms with E-state index in [1.807, 2.05) is 31.1 Å². The second-order valence-corrected chi connectivity index (χ2v) is 6.27. The van der Waals surface area contributed by atoms with Crippen molar-refractivity contribution in [1.29, 1.82) is 0 Å². The Morgan fingerprint density at radius 2 is 2.10 bits per heavy atom. The van der Waals surface area contributed by atoms with E-state index in [2.05, 4.69) is 48.1 Å². The van der Waals surface area contributed by atoms with Crippen LogP contribution >= 0.6 is 27.7 Å². The SMILES string of the molecule is CCCNc1nc(Sc2ncccc2Br)nc(N(C)C)n1. The van der Waals surface area contributed by atoms with E-state index in [4.69, 9.17) is 0 Å². The van der Waals surface area contributed by atoms with Crippen LogP contribution in [-0.2, 0) is 0 Å². The van der Waals surface area contributed by atoms with Gasteiger partial charge in [0.15, 0.2) is 0 Å². The highest BCUT2D eigenvalue weighted by Gasteiger charge is 2.11. The summed E-state index contributed by atoms with van der Waals surface area (Å²) in [5.74, 6) is 1.21. The molecule has 0 spiro atoms. The van der Waals surface area contributed by atoms with Crippen molar-refractivity contribution in [3.8, 4) is 0 Å². The second kappa shape index (κ2) is 7.56. The van der Waals surface area contributed by atoms with Crippen molar-refractivity contribution < 1.29 is 0 Å². The number of anilines is 2. The first kappa shape index (κ1) is 16.0. The molecule has 8 heteroatoms. The van der Waals surface area contributed by atoms with Crippen LogP contribution in [-0.4, -0.2) is 40.6 Å². The third-order valence-electron chi connectivity index (χ3n) is 2.45. The summed E-state index contributed by atoms with van der Waals surface area (Å²) in [6, 6.07) is 3.82. The topological polar surface area (TPSA) is 66.8 Å². The number of nitrogens with zero attached hydrogens (tertiary/aromatic N) is 5. The number of pyridine rings is 1. The molecule has 0 saturated heterocycles. The molecule has 0 saturated carbocycles. The Hall–Kier alpha value is -1.41. The fourth-order valence-electron chi connectivity index (χ4n) is 1.44. The first-order chi connectivity index (χ1) is 10.1. The zero-order valence-electron chi connectivity index (χ0n) is 12.2. The van der Waals surface area contributed by atoms with E-state index in [9.17, 15) is 0 Å². The average Bonchev–Trinajstić information content (AvgIpc) is 2.47. The van der Waals surface area contributed by atoms with Gasteiger partial charge in [-0.05, 0) is 46.2 Å². The summed E-state index contributed by atoms with van der Waals surface area (Å²) in [4.78, 5) is 19.4. The molecule has 0 unspecified atom stereocenters. The molecule has 0 fully saturated rings. The summed E-state index contributed by atoms with van der Waals surface area (Å²) in [5, 5.41) is 4.64. The van der Waals surface area contributed by atoms with Crippen LogP contribution in [0.1, 0.15) is 13.3 Å². The second-order valence-electron chi connectivity index (χ2n) is 4.46. The van der Waals surface area contributed by atoms with Gasteiger partial charge < -0.3 is 10.2 Å². The minimum atomic E-state index is 0.588. The van der Waals surface area contributed by atoms with E-state index in [1.54, 1.807) is 6.20 Å². The fourth-order valence-corrected chi connectivity index (χ4v) is 2.65. The van der Waals surface area contributed by atoms with E-state index < -0.39 is 0 Å². The third kappa shape index (κ3) is 4.53. The van der Waals surface area contributed by atoms with Gasteiger partial charge in [0.05, 0.1) is 4.47 Å². The molecular formula is C13H17BrN6S. The van der Waals surface area contributed by atoms with Gasteiger partial charge in [0.25, 0.3) is 0 Å². The summed E-state index contributed by atoms with van der Waals surface area (Å²) in [6.07, 6.45) is 2.76. The maximum atomic E-state index is 4.44. The highest BCUT2D eigenvalue weighted by molar-refractivity contribution is 9.10. The van der Waals surface area contributed by atoms with Crippen LogP contribution in [0.2, 0.25) is 0 Å². The highest BCUT2D eigenvalue weighted by atomic mass is 79.9. The molecule has 0 amide bonds. The first-order valence-electron chi connectivity index (χ1n) is 6.55. The summed E-state index contributed by atoms with van der Waals surface area (Å²) < 4.78 is 0.921. The third-order valence-corrected chi connectivity index (χ3v) is 4.24. The summed E-state index contributed by atoms with van der Waals surface area (Å²) in [7, 11) is 3.81. The zero-order chi connectivity index (χ0) is 15.2. The van der Waals surface area contributed by atoms with Crippen molar-refractivity contribution in [2.75, 3.05) is 30.9 Å². The van der Waals surface area contributed by atoms with Crippen molar-refractivity contribution in [2.24, 2.45) is 0 Å². The Morgan fingerprint density at radius 1 is 1.29 bits per heavy atom. The number of halogens is 1. The quantitative estimate of drug-likeness (QED) is 0.839. The molecule has 0 aromatic carbocycles. The Morgan fingerprint density at radius 3 is 2.76 bits per heavy atom. The van der Waals surface area contributed by atoms with Gasteiger partial charge in [0.2, 0.25) is 17.1 Å². The van der Waals surface area contributed by atoms with Gasteiger partial charge in [-0.25, -0.2) is 4.98 Å². The monoisotopic (exact) mass is 368 g/mol. The Labute approximate surface area is 136 Å². The molecule has 1 N–H and O–H groups in total. The standard InChI is InChI=1S/C13H17BrN6S/c1-4-7-16-11-17-12(20(2)3)19-13(18-11)21-10-9(14)6-5-8-15-10/h5-6,8H,4,7H2,1-3H3,(H,16,17,18,19). The molecule has 0 aliphatic heterocycles. The van der Waals surface area contributed by atoms with Gasteiger partial charge in [0, 0.05) is 26.8 Å². The van der Waals surface area contributed by atoms with E-state index in [-0.39, 0.29) is 0 Å². The summed E-state index contributed by atoms with van der Waals surface area (Å²) in [5.41, 5.74) is 0. The van der Waals surface area contributed by atoms with Crippen LogP contribution in [0.5, 0.6) is 0 Å². The molecule has 2 heterocycles. The molecular weight excluding hydrogens is 352 g/mol. The number of nitrogens with one attached hydrogen (secondary N) is 1. The van der Waals surface area contributed by atoms with Crippen molar-refractivity contribution in [3.05, 3.63) is 22.8 Å². The van der Waals surface area contributed by atoms with Crippen molar-refractivity contribution >= 4 is 39.6 Å². The lowest BCUT2D eigenvalue weighted by Crippen LogP contribution is -2.16. The predicted octanol–water partition coefficient (Wildman–Crippen LogP) is 3.07. The Kier molecular flexibility index (Phi) is 5.75. The van der Waals surface area contributed by atoms with Crippen LogP contribution in [0, 0.1) is 0 Å². The van der Waals surface area contributed by atoms with Gasteiger partial charge in [-0.15, -0.1) is 0 Å². The Balaban J connectivity index is 2.29. The van der Waals surface area contributed by atoms with Crippen LogP contribution in [0.3, 0.4) is 0 Å². The molecule has 6 nitrogen and oxygen atoms in total. The lowest BCUT2D eigenvalue weighted by atomic mass is 10.5. The lowest BCUT2D eigenvalue weighted by Gasteiger charge is -2.13. The predicted molar refractivity (Wildman–Crippen MR) is 89.0 cm³/mol. The molecule has 21 heavy (non-hydrogen) atoms. The van der Waals surface area contributed by atoms with E-state index >= 15 is 0 Å². The lowest BCUT2D eigenvalue weighted by molar-refractivity contribution is 0.850.